The number of H-pyrrole nitrogens is 1. The van der Waals surface area contributed by atoms with E-state index in [-0.39, 0.29) is 11.3 Å². The predicted molar refractivity (Wildman–Crippen MR) is 77.2 cm³/mol. The molecule has 0 aliphatic carbocycles. The van der Waals surface area contributed by atoms with Gasteiger partial charge in [0.15, 0.2) is 0 Å². The number of urea groups is 1. The minimum Gasteiger partial charge on any atom is -0.478 e. The molecule has 7 heteroatoms. The quantitative estimate of drug-likeness (QED) is 0.802. The molecule has 0 fully saturated rings. The van der Waals surface area contributed by atoms with Crippen molar-refractivity contribution in [3.8, 4) is 0 Å². The molecule has 1 aromatic heterocycles. The van der Waals surface area contributed by atoms with E-state index in [4.69, 9.17) is 5.11 Å². The first-order valence-electron chi connectivity index (χ1n) is 6.31. The highest BCUT2D eigenvalue weighted by atomic mass is 16.4. The molecule has 0 aliphatic heterocycles. The average molecular weight is 288 g/mol. The lowest BCUT2D eigenvalue weighted by Gasteiger charge is -2.17. The highest BCUT2D eigenvalue weighted by molar-refractivity contribution is 6.00. The van der Waals surface area contributed by atoms with E-state index >= 15 is 0 Å². The first-order chi connectivity index (χ1) is 9.97. The number of carbonyl (C=O) groups is 2. The Kier molecular flexibility index (Phi) is 4.22. The topological polar surface area (TPSA) is 98.3 Å². The molecular weight excluding hydrogens is 272 g/mol. The standard InChI is InChI=1S/C14H16N4O3/c1-9-3-4-11(10(7-9)13(19)20)17-14(21)18(2)8-12-15-5-6-16-12/h3-7H,8H2,1-2H3,(H,15,16)(H,17,21)(H,19,20). The van der Waals surface area contributed by atoms with Gasteiger partial charge in [0.2, 0.25) is 0 Å². The van der Waals surface area contributed by atoms with Gasteiger partial charge >= 0.3 is 12.0 Å². The molecule has 1 aromatic carbocycles. The highest BCUT2D eigenvalue weighted by Crippen LogP contribution is 2.18. The monoisotopic (exact) mass is 288 g/mol. The second kappa shape index (κ2) is 6.08. The van der Waals surface area contributed by atoms with E-state index in [9.17, 15) is 9.59 Å². The number of hydrogen-bond acceptors (Lipinski definition) is 3. The van der Waals surface area contributed by atoms with Gasteiger partial charge in [-0.3, -0.25) is 0 Å². The van der Waals surface area contributed by atoms with Crippen LogP contribution in [0.3, 0.4) is 0 Å². The zero-order chi connectivity index (χ0) is 15.4. The number of amides is 2. The largest absolute Gasteiger partial charge is 0.478 e. The second-order valence-corrected chi connectivity index (χ2v) is 4.68. The van der Waals surface area contributed by atoms with Crippen LogP contribution in [0, 0.1) is 6.92 Å². The summed E-state index contributed by atoms with van der Waals surface area (Å²) in [6, 6.07) is 4.44. The van der Waals surface area contributed by atoms with Crippen LogP contribution in [0.2, 0.25) is 0 Å². The van der Waals surface area contributed by atoms with Crippen LogP contribution < -0.4 is 5.32 Å². The molecule has 2 aromatic rings. The van der Waals surface area contributed by atoms with E-state index in [0.717, 1.165) is 5.56 Å². The van der Waals surface area contributed by atoms with E-state index in [2.05, 4.69) is 15.3 Å². The number of nitrogens with zero attached hydrogens (tertiary/aromatic N) is 2. The third-order valence-electron chi connectivity index (χ3n) is 2.94. The number of aryl methyl sites for hydroxylation is 1. The van der Waals surface area contributed by atoms with E-state index in [1.807, 2.05) is 0 Å². The fraction of sp³-hybridized carbons (Fsp3) is 0.214. The summed E-state index contributed by atoms with van der Waals surface area (Å²) in [6.07, 6.45) is 3.27. The van der Waals surface area contributed by atoms with Crippen LogP contribution in [-0.4, -0.2) is 39.0 Å². The molecule has 110 valence electrons. The number of benzene rings is 1. The summed E-state index contributed by atoms with van der Waals surface area (Å²) in [7, 11) is 1.60. The number of anilines is 1. The number of hydrogen-bond donors (Lipinski definition) is 3. The van der Waals surface area contributed by atoms with Crippen molar-refractivity contribution in [3.05, 3.63) is 47.5 Å². The summed E-state index contributed by atoms with van der Waals surface area (Å²) in [6.45, 7) is 2.09. The Bertz CT molecular complexity index is 652. The zero-order valence-corrected chi connectivity index (χ0v) is 11.8. The van der Waals surface area contributed by atoms with Gasteiger partial charge in [0.1, 0.15) is 5.82 Å². The number of rotatable bonds is 4. The Morgan fingerprint density at radius 3 is 2.81 bits per heavy atom. The minimum absolute atomic E-state index is 0.0646. The fourth-order valence-corrected chi connectivity index (χ4v) is 1.84. The van der Waals surface area contributed by atoms with Crippen molar-refractivity contribution < 1.29 is 14.7 Å². The number of aromatic carboxylic acids is 1. The molecule has 0 unspecified atom stereocenters. The summed E-state index contributed by atoms with van der Waals surface area (Å²) in [4.78, 5) is 31.6. The maximum absolute atomic E-state index is 12.1. The lowest BCUT2D eigenvalue weighted by atomic mass is 10.1. The number of aromatic amines is 1. The SMILES string of the molecule is Cc1ccc(NC(=O)N(C)Cc2ncc[nH]2)c(C(=O)O)c1. The average Bonchev–Trinajstić information content (AvgIpc) is 2.93. The number of carbonyl (C=O) groups excluding carboxylic acids is 1. The fourth-order valence-electron chi connectivity index (χ4n) is 1.84. The predicted octanol–water partition coefficient (Wildman–Crippen LogP) is 2.08. The second-order valence-electron chi connectivity index (χ2n) is 4.68. The number of carboxylic acids is 1. The molecule has 1 heterocycles. The summed E-state index contributed by atoms with van der Waals surface area (Å²) >= 11 is 0. The van der Waals surface area contributed by atoms with Crippen molar-refractivity contribution in [2.75, 3.05) is 12.4 Å². The van der Waals surface area contributed by atoms with E-state index < -0.39 is 12.0 Å². The van der Waals surface area contributed by atoms with Crippen molar-refractivity contribution in [1.29, 1.82) is 0 Å². The maximum Gasteiger partial charge on any atom is 0.337 e. The molecule has 7 nitrogen and oxygen atoms in total. The number of imidazole rings is 1. The van der Waals surface area contributed by atoms with Crippen LogP contribution in [-0.2, 0) is 6.54 Å². The Hall–Kier alpha value is -2.83. The van der Waals surface area contributed by atoms with E-state index in [1.165, 1.54) is 11.0 Å². The highest BCUT2D eigenvalue weighted by Gasteiger charge is 2.15. The van der Waals surface area contributed by atoms with Gasteiger partial charge < -0.3 is 20.3 Å². The van der Waals surface area contributed by atoms with Crippen molar-refractivity contribution in [1.82, 2.24) is 14.9 Å². The summed E-state index contributed by atoms with van der Waals surface area (Å²) in [5, 5.41) is 11.8. The molecule has 0 atom stereocenters. The van der Waals surface area contributed by atoms with Crippen molar-refractivity contribution in [2.24, 2.45) is 0 Å². The molecule has 0 spiro atoms. The first kappa shape index (κ1) is 14.6. The van der Waals surface area contributed by atoms with Crippen LogP contribution in [0.5, 0.6) is 0 Å². The maximum atomic E-state index is 12.1. The Morgan fingerprint density at radius 2 is 2.19 bits per heavy atom. The third-order valence-corrected chi connectivity index (χ3v) is 2.94. The minimum atomic E-state index is -1.08. The van der Waals surface area contributed by atoms with Crippen LogP contribution in [0.4, 0.5) is 10.5 Å². The van der Waals surface area contributed by atoms with Gasteiger partial charge in [-0.25, -0.2) is 14.6 Å². The number of aromatic nitrogens is 2. The van der Waals surface area contributed by atoms with Crippen LogP contribution in [0.25, 0.3) is 0 Å². The van der Waals surface area contributed by atoms with Gasteiger partial charge in [0.25, 0.3) is 0 Å². The molecule has 21 heavy (non-hydrogen) atoms. The molecule has 0 aliphatic rings. The van der Waals surface area contributed by atoms with Crippen LogP contribution >= 0.6 is 0 Å². The first-order valence-corrected chi connectivity index (χ1v) is 6.31. The van der Waals surface area contributed by atoms with E-state index in [1.54, 1.807) is 38.5 Å². The van der Waals surface area contributed by atoms with Crippen LogP contribution in [0.15, 0.2) is 30.6 Å². The Labute approximate surface area is 121 Å². The number of nitrogens with one attached hydrogen (secondary N) is 2. The van der Waals surface area contributed by atoms with Crippen molar-refractivity contribution in [2.45, 2.75) is 13.5 Å². The molecule has 2 rings (SSSR count). The van der Waals surface area contributed by atoms with E-state index in [0.29, 0.717) is 12.4 Å². The van der Waals surface area contributed by atoms with Gasteiger partial charge in [-0.15, -0.1) is 0 Å². The molecule has 2 amide bonds. The van der Waals surface area contributed by atoms with Crippen LogP contribution in [0.1, 0.15) is 21.7 Å². The summed E-state index contributed by atoms with van der Waals surface area (Å²) in [5.74, 6) is -0.433. The molecule has 0 bridgehead atoms. The number of carboxylic acid groups (broad SMARTS) is 1. The normalized spacial score (nSPS) is 10.2. The van der Waals surface area contributed by atoms with Gasteiger partial charge in [0, 0.05) is 19.4 Å². The smallest absolute Gasteiger partial charge is 0.337 e. The van der Waals surface area contributed by atoms with Gasteiger partial charge in [-0.05, 0) is 19.1 Å². The molecule has 0 saturated heterocycles. The Morgan fingerprint density at radius 1 is 1.43 bits per heavy atom. The van der Waals surface area contributed by atoms with Crippen molar-refractivity contribution in [3.63, 3.8) is 0 Å². The third kappa shape index (κ3) is 3.59. The zero-order valence-electron chi connectivity index (χ0n) is 11.8. The molecule has 0 saturated carbocycles. The molecule has 0 radical (unpaired) electrons. The molecule has 3 N–H and O–H groups in total. The van der Waals surface area contributed by atoms with Crippen molar-refractivity contribution >= 4 is 17.7 Å². The summed E-state index contributed by atoms with van der Waals surface area (Å²) in [5.41, 5.74) is 1.15. The molecular formula is C14H16N4O3. The lowest BCUT2D eigenvalue weighted by molar-refractivity contribution is 0.0698. The van der Waals surface area contributed by atoms with Gasteiger partial charge in [0.05, 0.1) is 17.8 Å². The summed E-state index contributed by atoms with van der Waals surface area (Å²) < 4.78 is 0. The lowest BCUT2D eigenvalue weighted by Crippen LogP contribution is -2.31. The van der Waals surface area contributed by atoms with Gasteiger partial charge in [-0.2, -0.15) is 0 Å². The Balaban J connectivity index is 2.10. The van der Waals surface area contributed by atoms with Gasteiger partial charge in [-0.1, -0.05) is 11.6 Å².